The average molecular weight is 206 g/mol. The van der Waals surface area contributed by atoms with E-state index in [9.17, 15) is 13.9 Å². The summed E-state index contributed by atoms with van der Waals surface area (Å²) < 4.78 is 31.2. The van der Waals surface area contributed by atoms with Crippen molar-refractivity contribution in [1.29, 1.82) is 0 Å². The van der Waals surface area contributed by atoms with Crippen molar-refractivity contribution in [2.24, 2.45) is 5.41 Å². The van der Waals surface area contributed by atoms with Gasteiger partial charge < -0.3 is 9.84 Å². The van der Waals surface area contributed by atoms with E-state index in [-0.39, 0.29) is 18.9 Å². The molecule has 2 aliphatic rings. The molecule has 1 saturated carbocycles. The molecule has 1 saturated heterocycles. The predicted molar refractivity (Wildman–Crippen MR) is 47.3 cm³/mol. The molecule has 0 spiro atoms. The second-order valence-electron chi connectivity index (χ2n) is 4.99. The first-order valence-electron chi connectivity index (χ1n) is 5.01. The first-order chi connectivity index (χ1) is 6.29. The molecule has 0 bridgehead atoms. The molecular weight excluding hydrogens is 190 g/mol. The third-order valence-corrected chi connectivity index (χ3v) is 3.73. The number of aliphatic hydroxyl groups is 1. The summed E-state index contributed by atoms with van der Waals surface area (Å²) in [4.78, 5) is 0. The number of rotatable bonds is 2. The van der Waals surface area contributed by atoms with Gasteiger partial charge in [-0.3, -0.25) is 0 Å². The molecule has 82 valence electrons. The molecule has 2 rings (SSSR count). The van der Waals surface area contributed by atoms with E-state index in [1.54, 1.807) is 6.92 Å². The fraction of sp³-hybridized carbons (Fsp3) is 1.00. The largest absolute Gasteiger partial charge is 0.387 e. The van der Waals surface area contributed by atoms with Crippen molar-refractivity contribution >= 4 is 0 Å². The van der Waals surface area contributed by atoms with Gasteiger partial charge in [-0.25, -0.2) is 8.78 Å². The molecule has 1 N–H and O–H groups in total. The fourth-order valence-corrected chi connectivity index (χ4v) is 2.32. The maximum absolute atomic E-state index is 13.0. The monoisotopic (exact) mass is 206 g/mol. The summed E-state index contributed by atoms with van der Waals surface area (Å²) in [5.74, 6) is -2.59. The van der Waals surface area contributed by atoms with Gasteiger partial charge in [0.25, 0.3) is 5.92 Å². The van der Waals surface area contributed by atoms with Crippen molar-refractivity contribution in [2.75, 3.05) is 6.61 Å². The molecule has 3 atom stereocenters. The Labute approximate surface area is 82.3 Å². The van der Waals surface area contributed by atoms with Crippen LogP contribution in [0, 0.1) is 5.41 Å². The summed E-state index contributed by atoms with van der Waals surface area (Å²) in [7, 11) is 0. The summed E-state index contributed by atoms with van der Waals surface area (Å²) in [5, 5.41) is 10.1. The molecule has 0 radical (unpaired) electrons. The van der Waals surface area contributed by atoms with Crippen LogP contribution in [0.25, 0.3) is 0 Å². The van der Waals surface area contributed by atoms with Gasteiger partial charge in [-0.05, 0) is 13.3 Å². The van der Waals surface area contributed by atoms with Gasteiger partial charge in [-0.1, -0.05) is 6.92 Å². The van der Waals surface area contributed by atoms with Crippen LogP contribution in [0.3, 0.4) is 0 Å². The Morgan fingerprint density at radius 1 is 1.50 bits per heavy atom. The Bertz CT molecular complexity index is 257. The molecule has 3 unspecified atom stereocenters. The third kappa shape index (κ3) is 1.36. The van der Waals surface area contributed by atoms with E-state index in [0.29, 0.717) is 13.0 Å². The van der Waals surface area contributed by atoms with Gasteiger partial charge in [0, 0.05) is 24.9 Å². The van der Waals surface area contributed by atoms with Crippen LogP contribution < -0.4 is 0 Å². The maximum Gasteiger partial charge on any atom is 0.254 e. The van der Waals surface area contributed by atoms with Crippen LogP contribution >= 0.6 is 0 Å². The SMILES string of the molecule is CC1OCCC1(O)CC1(C)CC1(F)F. The minimum Gasteiger partial charge on any atom is -0.387 e. The van der Waals surface area contributed by atoms with Gasteiger partial charge in [0.15, 0.2) is 0 Å². The summed E-state index contributed by atoms with van der Waals surface area (Å²) in [6.07, 6.45) is 0.193. The van der Waals surface area contributed by atoms with Gasteiger partial charge >= 0.3 is 0 Å². The van der Waals surface area contributed by atoms with Crippen molar-refractivity contribution in [2.45, 2.75) is 50.7 Å². The molecule has 1 aliphatic heterocycles. The predicted octanol–water partition coefficient (Wildman–Crippen LogP) is 1.96. The molecular formula is C10H16F2O2. The summed E-state index contributed by atoms with van der Waals surface area (Å²) in [6.45, 7) is 3.76. The lowest BCUT2D eigenvalue weighted by Crippen LogP contribution is -2.39. The van der Waals surface area contributed by atoms with Crippen LogP contribution in [0.15, 0.2) is 0 Å². The number of halogens is 2. The molecule has 0 amide bonds. The maximum atomic E-state index is 13.0. The zero-order valence-corrected chi connectivity index (χ0v) is 8.52. The Hall–Kier alpha value is -0.220. The smallest absolute Gasteiger partial charge is 0.254 e. The Balaban J connectivity index is 2.05. The van der Waals surface area contributed by atoms with Gasteiger partial charge in [-0.2, -0.15) is 0 Å². The van der Waals surface area contributed by atoms with E-state index < -0.39 is 16.9 Å². The highest BCUT2D eigenvalue weighted by Gasteiger charge is 2.70. The molecule has 0 aromatic carbocycles. The van der Waals surface area contributed by atoms with Crippen LogP contribution in [0.2, 0.25) is 0 Å². The third-order valence-electron chi connectivity index (χ3n) is 3.73. The Morgan fingerprint density at radius 2 is 2.07 bits per heavy atom. The van der Waals surface area contributed by atoms with Crippen molar-refractivity contribution in [3.05, 3.63) is 0 Å². The minimum absolute atomic E-state index is 0.102. The Kier molecular flexibility index (Phi) is 1.96. The Morgan fingerprint density at radius 3 is 2.43 bits per heavy atom. The van der Waals surface area contributed by atoms with Crippen molar-refractivity contribution in [1.82, 2.24) is 0 Å². The van der Waals surface area contributed by atoms with E-state index in [0.717, 1.165) is 0 Å². The van der Waals surface area contributed by atoms with Crippen LogP contribution in [0.5, 0.6) is 0 Å². The van der Waals surface area contributed by atoms with Gasteiger partial charge in [-0.15, -0.1) is 0 Å². The van der Waals surface area contributed by atoms with Crippen LogP contribution in [-0.4, -0.2) is 29.3 Å². The molecule has 0 aromatic rings. The quantitative estimate of drug-likeness (QED) is 0.748. The van der Waals surface area contributed by atoms with E-state index in [1.165, 1.54) is 6.92 Å². The van der Waals surface area contributed by atoms with E-state index in [4.69, 9.17) is 4.74 Å². The lowest BCUT2D eigenvalue weighted by molar-refractivity contribution is -0.0594. The van der Waals surface area contributed by atoms with Gasteiger partial charge in [0.05, 0.1) is 11.7 Å². The topological polar surface area (TPSA) is 29.5 Å². The molecule has 1 aliphatic carbocycles. The van der Waals surface area contributed by atoms with Crippen LogP contribution in [0.1, 0.15) is 33.1 Å². The standard InChI is InChI=1S/C10H16F2O2/c1-7-9(13,3-4-14-7)5-8(2)6-10(8,11)12/h7,13H,3-6H2,1-2H3. The number of hydrogen-bond donors (Lipinski definition) is 1. The first-order valence-corrected chi connectivity index (χ1v) is 5.01. The summed E-state index contributed by atoms with van der Waals surface area (Å²) in [5.41, 5.74) is -2.06. The van der Waals surface area contributed by atoms with E-state index in [1.807, 2.05) is 0 Å². The second kappa shape index (κ2) is 2.67. The van der Waals surface area contributed by atoms with Crippen molar-refractivity contribution in [3.63, 3.8) is 0 Å². The van der Waals surface area contributed by atoms with Crippen molar-refractivity contribution in [3.8, 4) is 0 Å². The average Bonchev–Trinajstić information content (AvgIpc) is 2.32. The van der Waals surface area contributed by atoms with Crippen LogP contribution in [-0.2, 0) is 4.74 Å². The molecule has 1 heterocycles. The highest BCUT2D eigenvalue weighted by Crippen LogP contribution is 2.64. The lowest BCUT2D eigenvalue weighted by Gasteiger charge is -2.29. The molecule has 0 aromatic heterocycles. The second-order valence-corrected chi connectivity index (χ2v) is 4.99. The minimum atomic E-state index is -2.59. The highest BCUT2D eigenvalue weighted by atomic mass is 19.3. The number of ether oxygens (including phenoxy) is 1. The molecule has 2 fully saturated rings. The number of hydrogen-bond acceptors (Lipinski definition) is 2. The summed E-state index contributed by atoms with van der Waals surface area (Å²) in [6, 6.07) is 0. The van der Waals surface area contributed by atoms with Crippen molar-refractivity contribution < 1.29 is 18.6 Å². The van der Waals surface area contributed by atoms with Gasteiger partial charge in [0.1, 0.15) is 0 Å². The fourth-order valence-electron chi connectivity index (χ4n) is 2.32. The molecule has 14 heavy (non-hydrogen) atoms. The normalized spacial score (nSPS) is 50.8. The van der Waals surface area contributed by atoms with Gasteiger partial charge in [0.2, 0.25) is 0 Å². The molecule has 2 nitrogen and oxygen atoms in total. The van der Waals surface area contributed by atoms with E-state index in [2.05, 4.69) is 0 Å². The summed E-state index contributed by atoms with van der Waals surface area (Å²) >= 11 is 0. The zero-order valence-electron chi connectivity index (χ0n) is 8.52. The lowest BCUT2D eigenvalue weighted by atomic mass is 9.84. The first kappa shape index (κ1) is 10.3. The highest BCUT2D eigenvalue weighted by molar-refractivity contribution is 5.11. The van der Waals surface area contributed by atoms with Crippen LogP contribution in [0.4, 0.5) is 8.78 Å². The number of alkyl halides is 2. The zero-order chi connectivity index (χ0) is 10.6. The van der Waals surface area contributed by atoms with E-state index >= 15 is 0 Å². The molecule has 4 heteroatoms.